The number of nitrogens with one attached hydrogen (secondary N) is 5. The van der Waals surface area contributed by atoms with E-state index in [4.69, 9.17) is 24.4 Å². The van der Waals surface area contributed by atoms with Crippen LogP contribution in [0, 0.1) is 5.41 Å². The molecule has 0 saturated heterocycles. The first-order chi connectivity index (χ1) is 26.0. The molecule has 0 aliphatic heterocycles. The van der Waals surface area contributed by atoms with Crippen LogP contribution in [0.2, 0.25) is 0 Å². The second kappa shape index (κ2) is 27.6. The van der Waals surface area contributed by atoms with E-state index in [1.54, 1.807) is 0 Å². The predicted molar refractivity (Wildman–Crippen MR) is 219 cm³/mol. The molecule has 0 aliphatic carbocycles. The van der Waals surface area contributed by atoms with Gasteiger partial charge in [-0.1, -0.05) is 33.0 Å². The Morgan fingerprint density at radius 3 is 1.35 bits per heavy atom. The molecule has 1 aromatic rings. The maximum atomic E-state index is 12.2. The number of carbonyl (C=O) groups excluding carboxylic acids is 5. The SMILES string of the molecule is CC(=O)N(O)CCCCCNC(=O)CCC(=O)N(O)CCCCCNC(=O)CCC(=O)N(O)CCCCCNC(=S)Nc1ccc(NC(=S)C(C)(C)C)cc1. The van der Waals surface area contributed by atoms with Gasteiger partial charge in [-0.3, -0.25) is 39.6 Å². The van der Waals surface area contributed by atoms with Crippen molar-refractivity contribution in [1.29, 1.82) is 0 Å². The van der Waals surface area contributed by atoms with Gasteiger partial charge in [-0.2, -0.15) is 0 Å². The number of rotatable bonds is 26. The van der Waals surface area contributed by atoms with Crippen LogP contribution in [-0.2, 0) is 24.0 Å². The lowest BCUT2D eigenvalue weighted by molar-refractivity contribution is -0.166. The van der Waals surface area contributed by atoms with Crippen LogP contribution in [0.5, 0.6) is 0 Å². The molecule has 0 atom stereocenters. The highest BCUT2D eigenvalue weighted by atomic mass is 32.1. The van der Waals surface area contributed by atoms with Crippen LogP contribution < -0.4 is 26.6 Å². The monoisotopic (exact) mass is 810 g/mol. The topological polar surface area (TPSA) is 216 Å². The minimum absolute atomic E-state index is 0.0517. The number of carbonyl (C=O) groups is 5. The lowest BCUT2D eigenvalue weighted by Gasteiger charge is -2.21. The predicted octanol–water partition coefficient (Wildman–Crippen LogP) is 4.74. The number of benzene rings is 1. The average Bonchev–Trinajstić information content (AvgIpc) is 3.13. The normalized spacial score (nSPS) is 10.9. The van der Waals surface area contributed by atoms with Gasteiger partial charge in [-0.05, 0) is 94.3 Å². The molecule has 0 aliphatic rings. The Balaban J connectivity index is 2.05. The van der Waals surface area contributed by atoms with Gasteiger partial charge in [-0.15, -0.1) is 0 Å². The summed E-state index contributed by atoms with van der Waals surface area (Å²) in [4.78, 5) is 60.1. The Kier molecular flexibility index (Phi) is 24.6. The Bertz CT molecular complexity index is 1380. The van der Waals surface area contributed by atoms with Crippen LogP contribution in [0.25, 0.3) is 0 Å². The van der Waals surface area contributed by atoms with E-state index in [-0.39, 0.29) is 62.5 Å². The highest BCUT2D eigenvalue weighted by molar-refractivity contribution is 7.80. The van der Waals surface area contributed by atoms with E-state index in [1.165, 1.54) is 6.92 Å². The fraction of sp³-hybridized carbons (Fsp3) is 0.649. The number of hydrogen-bond donors (Lipinski definition) is 8. The van der Waals surface area contributed by atoms with Crippen molar-refractivity contribution >= 4 is 75.4 Å². The first kappa shape index (κ1) is 49.0. The van der Waals surface area contributed by atoms with Crippen LogP contribution in [0.3, 0.4) is 0 Å². The number of hydroxylamine groups is 6. The summed E-state index contributed by atoms with van der Waals surface area (Å²) >= 11 is 10.8. The van der Waals surface area contributed by atoms with Crippen molar-refractivity contribution in [3.8, 4) is 0 Å². The standard InChI is InChI=1S/C37H62N8O8S2/c1-28(46)43(51)25-11-5-8-22-38-31(47)18-20-33(49)44(52)26-12-6-9-23-39-32(48)19-21-34(50)45(53)27-13-7-10-24-40-36(55)42-30-16-14-29(15-17-30)41-35(54)37(2,3)4/h14-17,51-53H,5-13,18-27H2,1-4H3,(H,38,47)(H,39,48)(H,41,54)(H2,40,42,55). The van der Waals surface area contributed by atoms with Gasteiger partial charge >= 0.3 is 0 Å². The molecule has 1 rings (SSSR count). The van der Waals surface area contributed by atoms with Crippen LogP contribution >= 0.6 is 24.4 Å². The van der Waals surface area contributed by atoms with E-state index in [2.05, 4.69) is 47.4 Å². The van der Waals surface area contributed by atoms with Crippen LogP contribution in [0.15, 0.2) is 24.3 Å². The van der Waals surface area contributed by atoms with Gasteiger partial charge < -0.3 is 26.6 Å². The molecule has 0 fully saturated rings. The smallest absolute Gasteiger partial charge is 0.246 e. The summed E-state index contributed by atoms with van der Waals surface area (Å²) in [6.07, 6.45) is 5.49. The van der Waals surface area contributed by atoms with Crippen LogP contribution in [0.1, 0.15) is 111 Å². The van der Waals surface area contributed by atoms with Crippen molar-refractivity contribution in [2.45, 2.75) is 111 Å². The van der Waals surface area contributed by atoms with Crippen molar-refractivity contribution in [3.63, 3.8) is 0 Å². The second-order valence-electron chi connectivity index (χ2n) is 14.2. The number of anilines is 2. The zero-order valence-corrected chi connectivity index (χ0v) is 34.4. The molecule has 0 spiro atoms. The highest BCUT2D eigenvalue weighted by Crippen LogP contribution is 2.20. The fourth-order valence-electron chi connectivity index (χ4n) is 4.76. The van der Waals surface area contributed by atoms with Crippen molar-refractivity contribution < 1.29 is 39.6 Å². The Morgan fingerprint density at radius 2 is 0.945 bits per heavy atom. The molecule has 55 heavy (non-hydrogen) atoms. The number of amides is 5. The third-order valence-electron chi connectivity index (χ3n) is 8.22. The Morgan fingerprint density at radius 1 is 0.564 bits per heavy atom. The van der Waals surface area contributed by atoms with Crippen molar-refractivity contribution in [2.24, 2.45) is 5.41 Å². The van der Waals surface area contributed by atoms with E-state index in [1.807, 2.05) is 24.3 Å². The lowest BCUT2D eigenvalue weighted by atomic mass is 9.96. The van der Waals surface area contributed by atoms with Gasteiger partial charge in [0.05, 0.1) is 4.99 Å². The zero-order chi connectivity index (χ0) is 41.2. The minimum Gasteiger partial charge on any atom is -0.362 e. The summed E-state index contributed by atoms with van der Waals surface area (Å²) in [5, 5.41) is 46.7. The summed E-state index contributed by atoms with van der Waals surface area (Å²) < 4.78 is 0. The molecule has 16 nitrogen and oxygen atoms in total. The number of thiocarbonyl (C=S) groups is 2. The molecule has 0 saturated carbocycles. The second-order valence-corrected chi connectivity index (χ2v) is 15.0. The van der Waals surface area contributed by atoms with E-state index in [0.29, 0.717) is 84.9 Å². The molecule has 0 heterocycles. The van der Waals surface area contributed by atoms with E-state index in [9.17, 15) is 39.6 Å². The Hall–Kier alpha value is -3.97. The summed E-state index contributed by atoms with van der Waals surface area (Å²) in [5.74, 6) is -2.12. The van der Waals surface area contributed by atoms with Crippen LogP contribution in [0.4, 0.5) is 11.4 Å². The fourth-order valence-corrected chi connectivity index (χ4v) is 5.10. The van der Waals surface area contributed by atoms with Crippen molar-refractivity contribution in [1.82, 2.24) is 31.1 Å². The molecule has 310 valence electrons. The first-order valence-electron chi connectivity index (χ1n) is 18.9. The maximum absolute atomic E-state index is 12.2. The van der Waals surface area contributed by atoms with Crippen molar-refractivity contribution in [2.75, 3.05) is 49.9 Å². The summed E-state index contributed by atoms with van der Waals surface area (Å²) in [6.45, 7) is 9.33. The van der Waals surface area contributed by atoms with E-state index in [0.717, 1.165) is 29.2 Å². The minimum atomic E-state index is -0.558. The van der Waals surface area contributed by atoms with Crippen molar-refractivity contribution in [3.05, 3.63) is 24.3 Å². The maximum Gasteiger partial charge on any atom is 0.246 e. The average molecular weight is 811 g/mol. The third-order valence-corrected chi connectivity index (χ3v) is 9.18. The van der Waals surface area contributed by atoms with Gasteiger partial charge in [-0.25, -0.2) is 15.2 Å². The first-order valence-corrected chi connectivity index (χ1v) is 19.8. The van der Waals surface area contributed by atoms with Gasteiger partial charge in [0.25, 0.3) is 0 Å². The quantitative estimate of drug-likeness (QED) is 0.0275. The van der Waals surface area contributed by atoms with Gasteiger partial charge in [0.2, 0.25) is 29.5 Å². The summed E-state index contributed by atoms with van der Waals surface area (Å²) in [6, 6.07) is 7.67. The zero-order valence-electron chi connectivity index (χ0n) is 32.8. The number of hydrogen-bond acceptors (Lipinski definition) is 10. The molecule has 18 heteroatoms. The molecule has 0 bridgehead atoms. The van der Waals surface area contributed by atoms with Gasteiger partial charge in [0, 0.05) is 88.7 Å². The molecule has 8 N–H and O–H groups in total. The van der Waals surface area contributed by atoms with E-state index >= 15 is 0 Å². The Labute approximate surface area is 336 Å². The van der Waals surface area contributed by atoms with Gasteiger partial charge in [0.15, 0.2) is 5.11 Å². The molecule has 0 radical (unpaired) electrons. The lowest BCUT2D eigenvalue weighted by Crippen LogP contribution is -2.31. The summed E-state index contributed by atoms with van der Waals surface area (Å²) in [5.41, 5.74) is 1.63. The molecular weight excluding hydrogens is 749 g/mol. The molecule has 0 aromatic heterocycles. The van der Waals surface area contributed by atoms with Gasteiger partial charge in [0.1, 0.15) is 0 Å². The number of unbranched alkanes of at least 4 members (excludes halogenated alkanes) is 6. The molecular formula is C37H62N8O8S2. The van der Waals surface area contributed by atoms with E-state index < -0.39 is 17.7 Å². The van der Waals surface area contributed by atoms with Crippen LogP contribution in [-0.4, -0.2) is 110 Å². The molecule has 5 amide bonds. The number of nitrogens with zero attached hydrogens (tertiary/aromatic N) is 3. The molecule has 0 unspecified atom stereocenters. The highest BCUT2D eigenvalue weighted by Gasteiger charge is 2.17. The summed E-state index contributed by atoms with van der Waals surface area (Å²) in [7, 11) is 0. The third kappa shape index (κ3) is 24.2. The largest absolute Gasteiger partial charge is 0.362 e. The molecule has 1 aromatic carbocycles.